The first kappa shape index (κ1) is 13.1. The maximum atomic E-state index is 10.7. The van der Waals surface area contributed by atoms with Crippen LogP contribution in [0.25, 0.3) is 0 Å². The molecule has 0 heterocycles. The number of hydrogen-bond acceptors (Lipinski definition) is 4. The molecular formula is C12H11NO3S. The second-order valence-electron chi connectivity index (χ2n) is 3.19. The van der Waals surface area contributed by atoms with Crippen LogP contribution < -0.4 is 5.73 Å². The minimum atomic E-state index is -1.06. The Morgan fingerprint density at radius 3 is 2.71 bits per heavy atom. The number of nitrogens with two attached hydrogens (primary N) is 1. The van der Waals surface area contributed by atoms with E-state index in [0.717, 1.165) is 11.8 Å². The third kappa shape index (κ3) is 4.21. The monoisotopic (exact) mass is 249 g/mol. The topological polar surface area (TPSA) is 80.4 Å². The molecular weight excluding hydrogens is 238 g/mol. The van der Waals surface area contributed by atoms with Gasteiger partial charge < -0.3 is 10.8 Å². The molecule has 0 amide bonds. The smallest absolute Gasteiger partial charge is 0.337 e. The summed E-state index contributed by atoms with van der Waals surface area (Å²) in [7, 11) is 0. The number of thioether (sulfide) groups is 1. The highest BCUT2D eigenvalue weighted by molar-refractivity contribution is 8.13. The Morgan fingerprint density at radius 1 is 1.47 bits per heavy atom. The molecule has 0 bridgehead atoms. The number of aromatic carboxylic acids is 1. The summed E-state index contributed by atoms with van der Waals surface area (Å²) in [6.07, 6.45) is 0. The molecule has 0 aliphatic heterocycles. The Hall–Kier alpha value is -1.93. The molecule has 0 spiro atoms. The molecule has 1 aromatic rings. The van der Waals surface area contributed by atoms with Crippen molar-refractivity contribution >= 4 is 28.5 Å². The highest BCUT2D eigenvalue weighted by Crippen LogP contribution is 2.13. The summed E-state index contributed by atoms with van der Waals surface area (Å²) >= 11 is 1.12. The number of anilines is 1. The van der Waals surface area contributed by atoms with Gasteiger partial charge in [-0.25, -0.2) is 4.79 Å². The molecule has 0 aromatic heterocycles. The molecule has 1 aromatic carbocycles. The summed E-state index contributed by atoms with van der Waals surface area (Å²) in [6.45, 7) is 1.48. The highest BCUT2D eigenvalue weighted by atomic mass is 32.2. The Labute approximate surface area is 103 Å². The van der Waals surface area contributed by atoms with E-state index in [1.54, 1.807) is 6.07 Å². The number of carboxylic acids is 1. The lowest BCUT2D eigenvalue weighted by atomic mass is 10.1. The molecule has 17 heavy (non-hydrogen) atoms. The third-order valence-corrected chi connectivity index (χ3v) is 2.56. The van der Waals surface area contributed by atoms with Gasteiger partial charge >= 0.3 is 5.97 Å². The quantitative estimate of drug-likeness (QED) is 0.614. The van der Waals surface area contributed by atoms with Crippen molar-refractivity contribution in [3.05, 3.63) is 29.3 Å². The van der Waals surface area contributed by atoms with Crippen LogP contribution in [0.1, 0.15) is 22.8 Å². The van der Waals surface area contributed by atoms with Crippen LogP contribution >= 0.6 is 11.8 Å². The number of nitrogen functional groups attached to an aromatic ring is 1. The number of rotatable bonds is 2. The average Bonchev–Trinajstić information content (AvgIpc) is 2.23. The van der Waals surface area contributed by atoms with Gasteiger partial charge in [-0.1, -0.05) is 23.6 Å². The summed E-state index contributed by atoms with van der Waals surface area (Å²) in [6, 6.07) is 4.51. The molecule has 0 aliphatic carbocycles. The minimum absolute atomic E-state index is 0.0139. The Bertz CT molecular complexity index is 514. The lowest BCUT2D eigenvalue weighted by molar-refractivity contribution is -0.109. The van der Waals surface area contributed by atoms with Crippen LogP contribution in [0, 0.1) is 11.8 Å². The van der Waals surface area contributed by atoms with Gasteiger partial charge in [0.15, 0.2) is 5.12 Å². The number of carboxylic acid groups (broad SMARTS) is 1. The van der Waals surface area contributed by atoms with Crippen molar-refractivity contribution in [2.45, 2.75) is 6.92 Å². The third-order valence-electron chi connectivity index (χ3n) is 1.86. The fraction of sp³-hybridized carbons (Fsp3) is 0.167. The van der Waals surface area contributed by atoms with Crippen LogP contribution in [0.4, 0.5) is 5.69 Å². The first-order valence-electron chi connectivity index (χ1n) is 4.75. The van der Waals surface area contributed by atoms with Crippen LogP contribution in [-0.2, 0) is 4.79 Å². The Kier molecular flexibility index (Phi) is 4.61. The molecule has 5 heteroatoms. The number of carbonyl (C=O) groups is 2. The van der Waals surface area contributed by atoms with E-state index >= 15 is 0 Å². The second kappa shape index (κ2) is 5.97. The van der Waals surface area contributed by atoms with Gasteiger partial charge in [-0.3, -0.25) is 4.79 Å². The predicted molar refractivity (Wildman–Crippen MR) is 67.8 cm³/mol. The zero-order valence-corrected chi connectivity index (χ0v) is 10.0. The number of hydrogen-bond donors (Lipinski definition) is 2. The number of carbonyl (C=O) groups excluding carboxylic acids is 1. The molecule has 0 saturated heterocycles. The molecule has 88 valence electrons. The van der Waals surface area contributed by atoms with E-state index < -0.39 is 5.97 Å². The van der Waals surface area contributed by atoms with Gasteiger partial charge in [-0.2, -0.15) is 0 Å². The van der Waals surface area contributed by atoms with E-state index in [1.807, 2.05) is 0 Å². The number of benzene rings is 1. The Balaban J connectivity index is 2.77. The minimum Gasteiger partial charge on any atom is -0.478 e. The highest BCUT2D eigenvalue weighted by Gasteiger charge is 2.06. The normalized spacial score (nSPS) is 9.24. The van der Waals surface area contributed by atoms with Crippen LogP contribution in [0.15, 0.2) is 18.2 Å². The molecule has 0 aliphatic rings. The van der Waals surface area contributed by atoms with Gasteiger partial charge in [-0.15, -0.1) is 0 Å². The average molecular weight is 249 g/mol. The molecule has 3 N–H and O–H groups in total. The largest absolute Gasteiger partial charge is 0.478 e. The lowest BCUT2D eigenvalue weighted by Crippen LogP contribution is -2.02. The maximum Gasteiger partial charge on any atom is 0.337 e. The first-order valence-corrected chi connectivity index (χ1v) is 5.74. The predicted octanol–water partition coefficient (Wildman–Crippen LogP) is 1.60. The summed E-state index contributed by atoms with van der Waals surface area (Å²) < 4.78 is 0. The van der Waals surface area contributed by atoms with Gasteiger partial charge in [0, 0.05) is 18.2 Å². The summed E-state index contributed by atoms with van der Waals surface area (Å²) in [5.74, 6) is 4.96. The zero-order valence-electron chi connectivity index (χ0n) is 9.19. The van der Waals surface area contributed by atoms with Gasteiger partial charge in [0.1, 0.15) is 0 Å². The summed E-state index contributed by atoms with van der Waals surface area (Å²) in [5.41, 5.74) is 6.45. The molecule has 0 unspecified atom stereocenters. The maximum absolute atomic E-state index is 10.7. The van der Waals surface area contributed by atoms with E-state index in [4.69, 9.17) is 10.8 Å². The van der Waals surface area contributed by atoms with Crippen molar-refractivity contribution in [3.8, 4) is 11.8 Å². The van der Waals surface area contributed by atoms with Gasteiger partial charge in [-0.05, 0) is 18.2 Å². The second-order valence-corrected chi connectivity index (χ2v) is 4.34. The molecule has 0 atom stereocenters. The van der Waals surface area contributed by atoms with E-state index in [1.165, 1.54) is 19.1 Å². The van der Waals surface area contributed by atoms with Gasteiger partial charge in [0.05, 0.1) is 11.3 Å². The zero-order chi connectivity index (χ0) is 12.8. The van der Waals surface area contributed by atoms with E-state index in [9.17, 15) is 9.59 Å². The molecule has 4 nitrogen and oxygen atoms in total. The molecule has 0 radical (unpaired) electrons. The van der Waals surface area contributed by atoms with Crippen molar-refractivity contribution < 1.29 is 14.7 Å². The van der Waals surface area contributed by atoms with Crippen LogP contribution in [-0.4, -0.2) is 21.9 Å². The van der Waals surface area contributed by atoms with Crippen LogP contribution in [0.2, 0.25) is 0 Å². The van der Waals surface area contributed by atoms with Gasteiger partial charge in [0.2, 0.25) is 0 Å². The fourth-order valence-electron chi connectivity index (χ4n) is 1.11. The standard InChI is InChI=1S/C12H11NO3S/c1-8(14)17-6-2-3-9-4-5-10(12(15)16)11(13)7-9/h4-5,7H,6,13H2,1H3,(H,15,16). The molecule has 0 saturated carbocycles. The summed E-state index contributed by atoms with van der Waals surface area (Å²) in [4.78, 5) is 21.4. The lowest BCUT2D eigenvalue weighted by Gasteiger charge is -2.00. The van der Waals surface area contributed by atoms with E-state index in [2.05, 4.69) is 11.8 Å². The Morgan fingerprint density at radius 2 is 2.18 bits per heavy atom. The van der Waals surface area contributed by atoms with Crippen molar-refractivity contribution in [1.82, 2.24) is 0 Å². The van der Waals surface area contributed by atoms with Crippen LogP contribution in [0.3, 0.4) is 0 Å². The summed E-state index contributed by atoms with van der Waals surface area (Å²) in [5, 5.41) is 8.79. The SMILES string of the molecule is CC(=O)SCC#Cc1ccc(C(=O)O)c(N)c1. The van der Waals surface area contributed by atoms with Gasteiger partial charge in [0.25, 0.3) is 0 Å². The van der Waals surface area contributed by atoms with Crippen molar-refractivity contribution in [1.29, 1.82) is 0 Å². The first-order chi connectivity index (χ1) is 8.00. The van der Waals surface area contributed by atoms with Crippen LogP contribution in [0.5, 0.6) is 0 Å². The van der Waals surface area contributed by atoms with E-state index in [-0.39, 0.29) is 16.4 Å². The van der Waals surface area contributed by atoms with E-state index in [0.29, 0.717) is 11.3 Å². The van der Waals surface area contributed by atoms with Crippen molar-refractivity contribution in [2.24, 2.45) is 0 Å². The molecule has 0 fully saturated rings. The fourth-order valence-corrected chi connectivity index (χ4v) is 1.46. The van der Waals surface area contributed by atoms with Crippen molar-refractivity contribution in [3.63, 3.8) is 0 Å². The molecule has 1 rings (SSSR count). The van der Waals surface area contributed by atoms with Crippen molar-refractivity contribution in [2.75, 3.05) is 11.5 Å².